The van der Waals surface area contributed by atoms with Crippen molar-refractivity contribution in [2.75, 3.05) is 10.2 Å². The zero-order chi connectivity index (χ0) is 22.2. The molecule has 1 aliphatic heterocycles. The van der Waals surface area contributed by atoms with E-state index in [0.717, 1.165) is 16.7 Å². The highest BCUT2D eigenvalue weighted by molar-refractivity contribution is 6.07. The van der Waals surface area contributed by atoms with Crippen molar-refractivity contribution in [3.8, 4) is 5.75 Å². The van der Waals surface area contributed by atoms with Gasteiger partial charge in [-0.15, -0.1) is 0 Å². The van der Waals surface area contributed by atoms with E-state index in [1.165, 1.54) is 17.0 Å². The lowest BCUT2D eigenvalue weighted by Gasteiger charge is -2.33. The Balaban J connectivity index is 1.98. The standard InChI is InChI=1S/C21H24N4O5/c1-6-15-21(27)24(19-16(30-15)7-8-17(22-19)25(28)29)14(5)20(26)23-18-12(3)9-11(2)10-13(18)4/h7-10,14-15H,6H2,1-5H3,(H,23,26). The summed E-state index contributed by atoms with van der Waals surface area (Å²) < 4.78 is 5.65. The molecule has 30 heavy (non-hydrogen) atoms. The normalized spacial score (nSPS) is 16.5. The largest absolute Gasteiger partial charge is 0.474 e. The van der Waals surface area contributed by atoms with Gasteiger partial charge in [-0.2, -0.15) is 0 Å². The van der Waals surface area contributed by atoms with Crippen molar-refractivity contribution in [3.63, 3.8) is 0 Å². The number of aryl methyl sites for hydroxylation is 3. The number of nitrogens with one attached hydrogen (secondary N) is 1. The molecule has 0 radical (unpaired) electrons. The van der Waals surface area contributed by atoms with E-state index in [4.69, 9.17) is 4.74 Å². The number of hydrogen-bond donors (Lipinski definition) is 1. The molecule has 0 fully saturated rings. The van der Waals surface area contributed by atoms with Gasteiger partial charge in [-0.3, -0.25) is 14.5 Å². The van der Waals surface area contributed by atoms with E-state index in [9.17, 15) is 19.7 Å². The summed E-state index contributed by atoms with van der Waals surface area (Å²) in [5.41, 5.74) is 3.57. The summed E-state index contributed by atoms with van der Waals surface area (Å²) in [4.78, 5) is 41.7. The van der Waals surface area contributed by atoms with E-state index in [1.54, 1.807) is 13.8 Å². The minimum Gasteiger partial charge on any atom is -0.474 e. The Morgan fingerprint density at radius 3 is 2.50 bits per heavy atom. The molecule has 0 bridgehead atoms. The lowest BCUT2D eigenvalue weighted by molar-refractivity contribution is -0.389. The van der Waals surface area contributed by atoms with Crippen molar-refractivity contribution in [2.24, 2.45) is 0 Å². The number of carbonyl (C=O) groups is 2. The van der Waals surface area contributed by atoms with E-state index in [2.05, 4.69) is 10.3 Å². The predicted octanol–water partition coefficient (Wildman–Crippen LogP) is 3.45. The van der Waals surface area contributed by atoms with Crippen LogP contribution in [0.15, 0.2) is 24.3 Å². The summed E-state index contributed by atoms with van der Waals surface area (Å²) in [5, 5.41) is 14.1. The first-order valence-electron chi connectivity index (χ1n) is 9.67. The lowest BCUT2D eigenvalue weighted by Crippen LogP contribution is -2.53. The maximum absolute atomic E-state index is 13.1. The third-order valence-electron chi connectivity index (χ3n) is 5.08. The first kappa shape index (κ1) is 21.2. The molecule has 1 aromatic carbocycles. The number of aromatic nitrogens is 1. The molecule has 2 atom stereocenters. The summed E-state index contributed by atoms with van der Waals surface area (Å²) in [6.45, 7) is 9.12. The summed E-state index contributed by atoms with van der Waals surface area (Å²) in [6.07, 6.45) is -0.408. The van der Waals surface area contributed by atoms with Crippen LogP contribution in [0.1, 0.15) is 37.0 Å². The summed E-state index contributed by atoms with van der Waals surface area (Å²) in [6, 6.07) is 5.58. The molecular formula is C21H24N4O5. The molecule has 9 nitrogen and oxygen atoms in total. The maximum atomic E-state index is 13.1. The van der Waals surface area contributed by atoms with E-state index < -0.39 is 34.7 Å². The Labute approximate surface area is 174 Å². The summed E-state index contributed by atoms with van der Waals surface area (Å²) >= 11 is 0. The van der Waals surface area contributed by atoms with E-state index in [0.29, 0.717) is 12.1 Å². The number of ether oxygens (including phenoxy) is 1. The zero-order valence-electron chi connectivity index (χ0n) is 17.6. The Kier molecular flexibility index (Phi) is 5.73. The van der Waals surface area contributed by atoms with Crippen LogP contribution >= 0.6 is 0 Å². The van der Waals surface area contributed by atoms with Gasteiger partial charge < -0.3 is 20.2 Å². The van der Waals surface area contributed by atoms with Gasteiger partial charge in [-0.25, -0.2) is 0 Å². The third-order valence-corrected chi connectivity index (χ3v) is 5.08. The van der Waals surface area contributed by atoms with Crippen LogP contribution in [0.2, 0.25) is 0 Å². The van der Waals surface area contributed by atoms with Gasteiger partial charge in [-0.05, 0) is 61.2 Å². The second-order valence-corrected chi connectivity index (χ2v) is 7.41. The highest BCUT2D eigenvalue weighted by Crippen LogP contribution is 2.36. The minimum absolute atomic E-state index is 0.0288. The molecule has 0 aliphatic carbocycles. The number of anilines is 2. The van der Waals surface area contributed by atoms with Crippen LogP contribution in [0.3, 0.4) is 0 Å². The van der Waals surface area contributed by atoms with Crippen molar-refractivity contribution >= 4 is 29.1 Å². The van der Waals surface area contributed by atoms with Crippen LogP contribution in [0.25, 0.3) is 0 Å². The number of nitro groups is 1. The quantitative estimate of drug-likeness (QED) is 0.594. The summed E-state index contributed by atoms with van der Waals surface area (Å²) in [5.74, 6) is -1.11. The molecule has 0 spiro atoms. The van der Waals surface area contributed by atoms with Gasteiger partial charge in [0.2, 0.25) is 5.91 Å². The smallest absolute Gasteiger partial charge is 0.366 e. The predicted molar refractivity (Wildman–Crippen MR) is 112 cm³/mol. The number of hydrogen-bond acceptors (Lipinski definition) is 6. The van der Waals surface area contributed by atoms with Gasteiger partial charge in [0, 0.05) is 11.8 Å². The van der Waals surface area contributed by atoms with Gasteiger partial charge >= 0.3 is 5.82 Å². The van der Waals surface area contributed by atoms with Crippen LogP contribution in [0.5, 0.6) is 5.75 Å². The number of nitrogens with zero attached hydrogens (tertiary/aromatic N) is 3. The van der Waals surface area contributed by atoms with E-state index in [-0.39, 0.29) is 11.6 Å². The number of fused-ring (bicyclic) bond motifs is 1. The molecule has 3 rings (SSSR count). The highest BCUT2D eigenvalue weighted by Gasteiger charge is 2.42. The summed E-state index contributed by atoms with van der Waals surface area (Å²) in [7, 11) is 0. The number of benzene rings is 1. The topological polar surface area (TPSA) is 115 Å². The maximum Gasteiger partial charge on any atom is 0.366 e. The van der Waals surface area contributed by atoms with Crippen molar-refractivity contribution in [3.05, 3.63) is 51.1 Å². The molecule has 2 heterocycles. The molecule has 1 aliphatic rings. The SMILES string of the molecule is CCC1Oc2ccc([N+](=O)[O-])nc2N(C(C)C(=O)Nc2c(C)cc(C)cc2C)C1=O. The number of pyridine rings is 1. The average molecular weight is 412 g/mol. The number of rotatable bonds is 5. The van der Waals surface area contributed by atoms with Gasteiger partial charge in [0.25, 0.3) is 11.7 Å². The minimum atomic E-state index is -0.955. The fraction of sp³-hybridized carbons (Fsp3) is 0.381. The van der Waals surface area contributed by atoms with Crippen LogP contribution in [0, 0.1) is 30.9 Å². The van der Waals surface area contributed by atoms with Crippen LogP contribution < -0.4 is 15.0 Å². The first-order chi connectivity index (χ1) is 14.1. The monoisotopic (exact) mass is 412 g/mol. The van der Waals surface area contributed by atoms with Crippen molar-refractivity contribution < 1.29 is 19.2 Å². The molecule has 0 saturated carbocycles. The third kappa shape index (κ3) is 3.83. The van der Waals surface area contributed by atoms with Gasteiger partial charge in [0.15, 0.2) is 11.9 Å². The molecule has 1 N–H and O–H groups in total. The van der Waals surface area contributed by atoms with Crippen LogP contribution in [-0.2, 0) is 9.59 Å². The Hall–Kier alpha value is -3.49. The molecule has 2 amide bonds. The van der Waals surface area contributed by atoms with Crippen molar-refractivity contribution in [2.45, 2.75) is 53.2 Å². The fourth-order valence-corrected chi connectivity index (χ4v) is 3.61. The molecule has 9 heteroatoms. The second-order valence-electron chi connectivity index (χ2n) is 7.41. The number of carbonyl (C=O) groups excluding carboxylic acids is 2. The van der Waals surface area contributed by atoms with E-state index in [1.807, 2.05) is 32.9 Å². The van der Waals surface area contributed by atoms with Crippen LogP contribution in [0.4, 0.5) is 17.3 Å². The Morgan fingerprint density at radius 1 is 1.30 bits per heavy atom. The molecule has 0 saturated heterocycles. The average Bonchev–Trinajstić information content (AvgIpc) is 2.69. The first-order valence-corrected chi connectivity index (χ1v) is 9.67. The Bertz CT molecular complexity index is 1010. The number of amides is 2. The van der Waals surface area contributed by atoms with E-state index >= 15 is 0 Å². The zero-order valence-corrected chi connectivity index (χ0v) is 17.6. The molecular weight excluding hydrogens is 388 g/mol. The molecule has 158 valence electrons. The Morgan fingerprint density at radius 2 is 1.93 bits per heavy atom. The van der Waals surface area contributed by atoms with Crippen molar-refractivity contribution in [1.29, 1.82) is 0 Å². The highest BCUT2D eigenvalue weighted by atomic mass is 16.6. The van der Waals surface area contributed by atoms with Crippen LogP contribution in [-0.4, -0.2) is 33.9 Å². The fourth-order valence-electron chi connectivity index (χ4n) is 3.61. The molecule has 1 aromatic heterocycles. The van der Waals surface area contributed by atoms with Gasteiger partial charge in [-0.1, -0.05) is 24.6 Å². The molecule has 2 unspecified atom stereocenters. The molecule has 2 aromatic rings. The van der Waals surface area contributed by atoms with Crippen molar-refractivity contribution in [1.82, 2.24) is 4.98 Å². The van der Waals surface area contributed by atoms with Gasteiger partial charge in [0.05, 0.1) is 0 Å². The van der Waals surface area contributed by atoms with Gasteiger partial charge in [0.1, 0.15) is 6.04 Å². The lowest BCUT2D eigenvalue weighted by atomic mass is 10.0. The second kappa shape index (κ2) is 8.10.